The van der Waals surface area contributed by atoms with Crippen LogP contribution in [0.15, 0.2) is 18.2 Å². The van der Waals surface area contributed by atoms with Crippen LogP contribution in [0.2, 0.25) is 0 Å². The number of nitrogens with zero attached hydrogens (tertiary/aromatic N) is 2. The van der Waals surface area contributed by atoms with Crippen molar-refractivity contribution in [1.29, 1.82) is 0 Å². The van der Waals surface area contributed by atoms with E-state index in [1.165, 1.54) is 6.07 Å². The fraction of sp³-hybridized carbons (Fsp3) is 0.538. The number of hydrogen-bond donors (Lipinski definition) is 2. The fourth-order valence-corrected chi connectivity index (χ4v) is 2.19. The summed E-state index contributed by atoms with van der Waals surface area (Å²) in [6.45, 7) is 7.95. The normalized spacial score (nSPS) is 11.7. The zero-order chi connectivity index (χ0) is 14.6. The number of anilines is 1. The van der Waals surface area contributed by atoms with Gasteiger partial charge in [-0.1, -0.05) is 32.9 Å². The molecule has 0 fully saturated rings. The molecule has 0 heterocycles. The third-order valence-electron chi connectivity index (χ3n) is 2.65. The van der Waals surface area contributed by atoms with E-state index in [-0.39, 0.29) is 11.1 Å². The standard InChI is InChI=1S/C13H22N4O2/c1-13(2,3)9-16(4)8-10-6-5-7-11(17(18)19)12(10)15-14/h5-7,15H,8-9,14H2,1-4H3. The maximum atomic E-state index is 10.9. The molecule has 0 atom stereocenters. The van der Waals surface area contributed by atoms with Gasteiger partial charge < -0.3 is 10.3 Å². The molecule has 1 rings (SSSR count). The predicted molar refractivity (Wildman–Crippen MR) is 76.7 cm³/mol. The molecule has 106 valence electrons. The van der Waals surface area contributed by atoms with Gasteiger partial charge in [0.1, 0.15) is 5.69 Å². The number of hydrazine groups is 1. The van der Waals surface area contributed by atoms with Crippen LogP contribution in [0.3, 0.4) is 0 Å². The molecule has 0 aromatic heterocycles. The number of para-hydroxylation sites is 1. The third-order valence-corrected chi connectivity index (χ3v) is 2.65. The highest BCUT2D eigenvalue weighted by Gasteiger charge is 2.19. The van der Waals surface area contributed by atoms with E-state index in [2.05, 4.69) is 31.1 Å². The van der Waals surface area contributed by atoms with Crippen molar-refractivity contribution in [2.75, 3.05) is 19.0 Å². The van der Waals surface area contributed by atoms with Gasteiger partial charge in [-0.25, -0.2) is 0 Å². The van der Waals surface area contributed by atoms with Crippen molar-refractivity contribution in [2.24, 2.45) is 11.3 Å². The summed E-state index contributed by atoms with van der Waals surface area (Å²) < 4.78 is 0. The quantitative estimate of drug-likeness (QED) is 0.485. The van der Waals surface area contributed by atoms with Crippen molar-refractivity contribution < 1.29 is 4.92 Å². The molecule has 0 aliphatic rings. The molecule has 0 saturated heterocycles. The summed E-state index contributed by atoms with van der Waals surface area (Å²) in [5.74, 6) is 5.42. The summed E-state index contributed by atoms with van der Waals surface area (Å²) >= 11 is 0. The number of nitrogens with one attached hydrogen (secondary N) is 1. The van der Waals surface area contributed by atoms with Crippen LogP contribution in [0.4, 0.5) is 11.4 Å². The second-order valence-electron chi connectivity index (χ2n) is 5.95. The van der Waals surface area contributed by atoms with Gasteiger partial charge in [-0.3, -0.25) is 16.0 Å². The Morgan fingerprint density at radius 1 is 1.42 bits per heavy atom. The molecule has 0 aliphatic carbocycles. The average Bonchev–Trinajstić information content (AvgIpc) is 2.25. The Hall–Kier alpha value is -1.66. The Morgan fingerprint density at radius 2 is 2.05 bits per heavy atom. The highest BCUT2D eigenvalue weighted by Crippen LogP contribution is 2.28. The molecule has 6 nitrogen and oxygen atoms in total. The van der Waals surface area contributed by atoms with Gasteiger partial charge in [-0.05, 0) is 18.0 Å². The summed E-state index contributed by atoms with van der Waals surface area (Å²) in [5, 5.41) is 10.9. The molecule has 3 N–H and O–H groups in total. The molecule has 19 heavy (non-hydrogen) atoms. The number of hydrogen-bond acceptors (Lipinski definition) is 5. The molecule has 0 saturated carbocycles. The van der Waals surface area contributed by atoms with E-state index in [0.29, 0.717) is 12.2 Å². The van der Waals surface area contributed by atoms with Gasteiger partial charge in [-0.2, -0.15) is 0 Å². The Kier molecular flexibility index (Phi) is 4.85. The molecule has 1 aromatic carbocycles. The Labute approximate surface area is 113 Å². The summed E-state index contributed by atoms with van der Waals surface area (Å²) in [7, 11) is 1.99. The van der Waals surface area contributed by atoms with Crippen LogP contribution in [0.1, 0.15) is 26.3 Å². The van der Waals surface area contributed by atoms with Crippen LogP contribution in [-0.2, 0) is 6.54 Å². The van der Waals surface area contributed by atoms with Crippen LogP contribution in [0, 0.1) is 15.5 Å². The minimum Gasteiger partial charge on any atom is -0.318 e. The van der Waals surface area contributed by atoms with Crippen LogP contribution in [0.5, 0.6) is 0 Å². The van der Waals surface area contributed by atoms with Crippen molar-refractivity contribution in [1.82, 2.24) is 4.90 Å². The van der Waals surface area contributed by atoms with Crippen molar-refractivity contribution in [2.45, 2.75) is 27.3 Å². The minimum atomic E-state index is -0.428. The van der Waals surface area contributed by atoms with Crippen molar-refractivity contribution in [3.63, 3.8) is 0 Å². The molecule has 0 aliphatic heterocycles. The van der Waals surface area contributed by atoms with E-state index in [4.69, 9.17) is 5.84 Å². The lowest BCUT2D eigenvalue weighted by Gasteiger charge is -2.27. The smallest absolute Gasteiger partial charge is 0.293 e. The van der Waals surface area contributed by atoms with Gasteiger partial charge >= 0.3 is 0 Å². The lowest BCUT2D eigenvalue weighted by atomic mass is 9.96. The maximum Gasteiger partial charge on any atom is 0.293 e. The number of nitro groups is 1. The van der Waals surface area contributed by atoms with Gasteiger partial charge in [0.05, 0.1) is 4.92 Å². The summed E-state index contributed by atoms with van der Waals surface area (Å²) in [6, 6.07) is 4.98. The second-order valence-corrected chi connectivity index (χ2v) is 5.95. The first-order valence-electron chi connectivity index (χ1n) is 6.16. The summed E-state index contributed by atoms with van der Waals surface area (Å²) in [6.07, 6.45) is 0. The number of rotatable bonds is 5. The molecule has 0 spiro atoms. The van der Waals surface area contributed by atoms with E-state index < -0.39 is 4.92 Å². The predicted octanol–water partition coefficient (Wildman–Crippen LogP) is 2.36. The van der Waals surface area contributed by atoms with E-state index in [1.807, 2.05) is 13.1 Å². The molecule has 6 heteroatoms. The van der Waals surface area contributed by atoms with E-state index >= 15 is 0 Å². The lowest BCUT2D eigenvalue weighted by molar-refractivity contribution is -0.384. The molecule has 0 amide bonds. The SMILES string of the molecule is CN(Cc1cccc([N+](=O)[O-])c1NN)CC(C)(C)C. The van der Waals surface area contributed by atoms with E-state index in [1.54, 1.807) is 6.07 Å². The first-order valence-corrected chi connectivity index (χ1v) is 6.16. The monoisotopic (exact) mass is 266 g/mol. The Bertz CT molecular complexity index is 454. The number of nitrogen functional groups attached to an aromatic ring is 1. The highest BCUT2D eigenvalue weighted by atomic mass is 16.6. The van der Waals surface area contributed by atoms with Crippen LogP contribution in [-0.4, -0.2) is 23.4 Å². The van der Waals surface area contributed by atoms with Crippen LogP contribution >= 0.6 is 0 Å². The van der Waals surface area contributed by atoms with Crippen molar-refractivity contribution in [3.05, 3.63) is 33.9 Å². The van der Waals surface area contributed by atoms with Gasteiger partial charge in [0.15, 0.2) is 0 Å². The third kappa shape index (κ3) is 4.50. The minimum absolute atomic E-state index is 0.00385. The van der Waals surface area contributed by atoms with Gasteiger partial charge in [0.25, 0.3) is 5.69 Å². The zero-order valence-corrected chi connectivity index (χ0v) is 11.9. The Balaban J connectivity index is 2.95. The van der Waals surface area contributed by atoms with Gasteiger partial charge in [-0.15, -0.1) is 0 Å². The van der Waals surface area contributed by atoms with Crippen molar-refractivity contribution in [3.8, 4) is 0 Å². The number of benzene rings is 1. The molecular weight excluding hydrogens is 244 g/mol. The molecule has 0 unspecified atom stereocenters. The molecular formula is C13H22N4O2. The van der Waals surface area contributed by atoms with E-state index in [0.717, 1.165) is 12.1 Å². The largest absolute Gasteiger partial charge is 0.318 e. The Morgan fingerprint density at radius 3 is 2.53 bits per heavy atom. The zero-order valence-electron chi connectivity index (χ0n) is 11.9. The van der Waals surface area contributed by atoms with Gasteiger partial charge in [0, 0.05) is 19.2 Å². The van der Waals surface area contributed by atoms with Crippen molar-refractivity contribution >= 4 is 11.4 Å². The average molecular weight is 266 g/mol. The van der Waals surface area contributed by atoms with Gasteiger partial charge in [0.2, 0.25) is 0 Å². The molecule has 0 radical (unpaired) electrons. The molecule has 1 aromatic rings. The molecule has 0 bridgehead atoms. The number of nitro benzene ring substituents is 1. The fourth-order valence-electron chi connectivity index (χ4n) is 2.19. The topological polar surface area (TPSA) is 84.4 Å². The summed E-state index contributed by atoms with van der Waals surface area (Å²) in [4.78, 5) is 12.6. The highest BCUT2D eigenvalue weighted by molar-refractivity contribution is 5.65. The van der Waals surface area contributed by atoms with E-state index in [9.17, 15) is 10.1 Å². The first kappa shape index (κ1) is 15.4. The summed E-state index contributed by atoms with van der Waals surface area (Å²) in [5.41, 5.74) is 3.83. The lowest BCUT2D eigenvalue weighted by Crippen LogP contribution is -2.29. The maximum absolute atomic E-state index is 10.9. The first-order chi connectivity index (χ1) is 8.74. The second kappa shape index (κ2) is 5.99. The number of nitrogens with two attached hydrogens (primary N) is 1. The van der Waals surface area contributed by atoms with Crippen LogP contribution in [0.25, 0.3) is 0 Å². The van der Waals surface area contributed by atoms with Crippen LogP contribution < -0.4 is 11.3 Å².